The highest BCUT2D eigenvalue weighted by Crippen LogP contribution is 2.21. The minimum Gasteiger partial charge on any atom is -0.309 e. The largest absolute Gasteiger partial charge is 0.309 e. The van der Waals surface area contributed by atoms with Crippen molar-refractivity contribution in [2.75, 3.05) is 5.32 Å². The second-order valence-electron chi connectivity index (χ2n) is 3.97. The van der Waals surface area contributed by atoms with Crippen LogP contribution >= 0.6 is 0 Å². The van der Waals surface area contributed by atoms with Gasteiger partial charge in [0, 0.05) is 6.20 Å². The number of amides is 1. The van der Waals surface area contributed by atoms with E-state index in [0.29, 0.717) is 12.2 Å². The van der Waals surface area contributed by atoms with Gasteiger partial charge in [-0.05, 0) is 38.0 Å². The number of anilines is 1. The van der Waals surface area contributed by atoms with Crippen molar-refractivity contribution in [1.82, 2.24) is 4.98 Å². The van der Waals surface area contributed by atoms with Crippen LogP contribution in [-0.4, -0.2) is 10.9 Å². The molecule has 0 aliphatic rings. The SMILES string of the molecule is CCC(C)(C#N)C(=O)Nc1cc(C)ccn1. The van der Waals surface area contributed by atoms with Gasteiger partial charge in [-0.1, -0.05) is 6.92 Å². The Kier molecular flexibility index (Phi) is 3.62. The Morgan fingerprint density at radius 2 is 2.38 bits per heavy atom. The average Bonchev–Trinajstić information content (AvgIpc) is 2.28. The van der Waals surface area contributed by atoms with E-state index in [1.54, 1.807) is 19.2 Å². The van der Waals surface area contributed by atoms with E-state index in [2.05, 4.69) is 10.3 Å². The van der Waals surface area contributed by atoms with Crippen LogP contribution in [0.3, 0.4) is 0 Å². The lowest BCUT2D eigenvalue weighted by atomic mass is 9.88. The maximum absolute atomic E-state index is 11.8. The van der Waals surface area contributed by atoms with Gasteiger partial charge in [0.2, 0.25) is 5.91 Å². The predicted molar refractivity (Wildman–Crippen MR) is 61.6 cm³/mol. The van der Waals surface area contributed by atoms with Gasteiger partial charge < -0.3 is 5.32 Å². The van der Waals surface area contributed by atoms with Gasteiger partial charge in [-0.2, -0.15) is 5.26 Å². The van der Waals surface area contributed by atoms with Crippen molar-refractivity contribution in [2.45, 2.75) is 27.2 Å². The maximum Gasteiger partial charge on any atom is 0.245 e. The summed E-state index contributed by atoms with van der Waals surface area (Å²) < 4.78 is 0. The lowest BCUT2D eigenvalue weighted by Gasteiger charge is -2.18. The van der Waals surface area contributed by atoms with Gasteiger partial charge in [-0.3, -0.25) is 4.79 Å². The van der Waals surface area contributed by atoms with Gasteiger partial charge >= 0.3 is 0 Å². The smallest absolute Gasteiger partial charge is 0.245 e. The molecule has 4 nitrogen and oxygen atoms in total. The van der Waals surface area contributed by atoms with Gasteiger partial charge in [0.25, 0.3) is 0 Å². The van der Waals surface area contributed by atoms with Gasteiger partial charge in [-0.15, -0.1) is 0 Å². The van der Waals surface area contributed by atoms with Crippen molar-refractivity contribution in [2.24, 2.45) is 5.41 Å². The molecule has 0 bridgehead atoms. The van der Waals surface area contributed by atoms with Gasteiger partial charge in [0.05, 0.1) is 6.07 Å². The van der Waals surface area contributed by atoms with Gasteiger partial charge in [0.15, 0.2) is 0 Å². The van der Waals surface area contributed by atoms with Crippen LogP contribution in [0.4, 0.5) is 5.82 Å². The zero-order valence-electron chi connectivity index (χ0n) is 9.74. The van der Waals surface area contributed by atoms with Crippen molar-refractivity contribution >= 4 is 11.7 Å². The van der Waals surface area contributed by atoms with Crippen LogP contribution in [0, 0.1) is 23.7 Å². The molecule has 0 aromatic carbocycles. The van der Waals surface area contributed by atoms with Crippen LogP contribution in [0.25, 0.3) is 0 Å². The molecule has 1 amide bonds. The number of hydrogen-bond acceptors (Lipinski definition) is 3. The summed E-state index contributed by atoms with van der Waals surface area (Å²) in [6.45, 7) is 5.35. The van der Waals surface area contributed by atoms with Crippen LogP contribution in [-0.2, 0) is 4.79 Å². The molecular weight excluding hydrogens is 202 g/mol. The molecule has 0 fully saturated rings. The molecule has 0 aliphatic heterocycles. The number of aryl methyl sites for hydroxylation is 1. The summed E-state index contributed by atoms with van der Waals surface area (Å²) in [4.78, 5) is 15.9. The molecule has 0 radical (unpaired) electrons. The zero-order valence-corrected chi connectivity index (χ0v) is 9.74. The fourth-order valence-electron chi connectivity index (χ4n) is 1.15. The van der Waals surface area contributed by atoms with E-state index < -0.39 is 5.41 Å². The number of nitriles is 1. The lowest BCUT2D eigenvalue weighted by molar-refractivity contribution is -0.122. The second kappa shape index (κ2) is 4.75. The normalized spacial score (nSPS) is 13.6. The Balaban J connectivity index is 2.83. The molecule has 84 valence electrons. The summed E-state index contributed by atoms with van der Waals surface area (Å²) in [5, 5.41) is 11.6. The standard InChI is InChI=1S/C12H15N3O/c1-4-12(3,8-13)11(16)15-10-7-9(2)5-6-14-10/h5-7H,4H2,1-3H3,(H,14,15,16). The van der Waals surface area contributed by atoms with Crippen LogP contribution in [0.2, 0.25) is 0 Å². The van der Waals surface area contributed by atoms with Crippen molar-refractivity contribution in [1.29, 1.82) is 5.26 Å². The molecule has 1 unspecified atom stereocenters. The first-order valence-corrected chi connectivity index (χ1v) is 5.17. The Bertz CT molecular complexity index is 436. The number of carbonyl (C=O) groups is 1. The number of rotatable bonds is 3. The lowest BCUT2D eigenvalue weighted by Crippen LogP contribution is -2.31. The fraction of sp³-hybridized carbons (Fsp3) is 0.417. The van der Waals surface area contributed by atoms with Crippen molar-refractivity contribution in [3.63, 3.8) is 0 Å². The molecule has 0 saturated heterocycles. The molecule has 1 aromatic rings. The third kappa shape index (κ3) is 2.57. The highest BCUT2D eigenvalue weighted by molar-refractivity contribution is 5.96. The number of nitrogens with zero attached hydrogens (tertiary/aromatic N) is 2. The minimum absolute atomic E-state index is 0.310. The topological polar surface area (TPSA) is 65.8 Å². The predicted octanol–water partition coefficient (Wildman–Crippen LogP) is 2.27. The Morgan fingerprint density at radius 1 is 1.69 bits per heavy atom. The summed E-state index contributed by atoms with van der Waals surface area (Å²) in [6.07, 6.45) is 2.10. The molecule has 1 N–H and O–H groups in total. The molecular formula is C12H15N3O. The molecule has 1 heterocycles. The number of aromatic nitrogens is 1. The van der Waals surface area contributed by atoms with E-state index in [0.717, 1.165) is 5.56 Å². The summed E-state index contributed by atoms with van der Waals surface area (Å²) >= 11 is 0. The molecule has 16 heavy (non-hydrogen) atoms. The van der Waals surface area contributed by atoms with Crippen molar-refractivity contribution in [3.05, 3.63) is 23.9 Å². The Morgan fingerprint density at radius 3 is 2.88 bits per heavy atom. The van der Waals surface area contributed by atoms with Crippen molar-refractivity contribution in [3.8, 4) is 6.07 Å². The molecule has 0 aliphatic carbocycles. The first-order chi connectivity index (χ1) is 7.51. The third-order valence-electron chi connectivity index (χ3n) is 2.61. The van der Waals surface area contributed by atoms with E-state index in [9.17, 15) is 4.79 Å². The van der Waals surface area contributed by atoms with Crippen LogP contribution in [0.15, 0.2) is 18.3 Å². The Hall–Kier alpha value is -1.89. The molecule has 0 spiro atoms. The van der Waals surface area contributed by atoms with Crippen molar-refractivity contribution < 1.29 is 4.79 Å². The van der Waals surface area contributed by atoms with E-state index in [-0.39, 0.29) is 5.91 Å². The highest BCUT2D eigenvalue weighted by atomic mass is 16.2. The van der Waals surface area contributed by atoms with E-state index in [1.807, 2.05) is 26.0 Å². The summed E-state index contributed by atoms with van der Waals surface area (Å²) in [5.74, 6) is 0.176. The molecule has 1 atom stereocenters. The first-order valence-electron chi connectivity index (χ1n) is 5.17. The third-order valence-corrected chi connectivity index (χ3v) is 2.61. The zero-order chi connectivity index (χ0) is 12.2. The van der Waals surface area contributed by atoms with Crippen LogP contribution < -0.4 is 5.32 Å². The highest BCUT2D eigenvalue weighted by Gasteiger charge is 2.31. The van der Waals surface area contributed by atoms with Gasteiger partial charge in [0.1, 0.15) is 11.2 Å². The van der Waals surface area contributed by atoms with Gasteiger partial charge in [-0.25, -0.2) is 4.98 Å². The van der Waals surface area contributed by atoms with E-state index >= 15 is 0 Å². The fourth-order valence-corrected chi connectivity index (χ4v) is 1.15. The second-order valence-corrected chi connectivity index (χ2v) is 3.97. The summed E-state index contributed by atoms with van der Waals surface area (Å²) in [6, 6.07) is 5.64. The molecule has 1 rings (SSSR count). The number of hydrogen-bond donors (Lipinski definition) is 1. The first kappa shape index (κ1) is 12.2. The Labute approximate surface area is 95.3 Å². The molecule has 0 saturated carbocycles. The van der Waals surface area contributed by atoms with Crippen LogP contribution in [0.5, 0.6) is 0 Å². The van der Waals surface area contributed by atoms with E-state index in [1.165, 1.54) is 0 Å². The number of nitrogens with one attached hydrogen (secondary N) is 1. The average molecular weight is 217 g/mol. The summed E-state index contributed by atoms with van der Waals surface area (Å²) in [5.41, 5.74) is 0.0197. The maximum atomic E-state index is 11.8. The quantitative estimate of drug-likeness (QED) is 0.844. The van der Waals surface area contributed by atoms with Crippen LogP contribution in [0.1, 0.15) is 25.8 Å². The number of carbonyl (C=O) groups excluding carboxylic acids is 1. The number of pyridine rings is 1. The molecule has 4 heteroatoms. The minimum atomic E-state index is -0.995. The summed E-state index contributed by atoms with van der Waals surface area (Å²) in [7, 11) is 0. The van der Waals surface area contributed by atoms with E-state index in [4.69, 9.17) is 5.26 Å². The monoisotopic (exact) mass is 217 g/mol. The molecule has 1 aromatic heterocycles.